The fourth-order valence-corrected chi connectivity index (χ4v) is 2.28. The van der Waals surface area contributed by atoms with E-state index in [1.54, 1.807) is 24.5 Å². The molecule has 0 fully saturated rings. The van der Waals surface area contributed by atoms with Crippen LogP contribution in [-0.2, 0) is 0 Å². The molecule has 0 radical (unpaired) electrons. The van der Waals surface area contributed by atoms with Crippen molar-refractivity contribution in [3.05, 3.63) is 60.4 Å². The van der Waals surface area contributed by atoms with Gasteiger partial charge in [0.05, 0.1) is 5.69 Å². The molecule has 134 valence electrons. The summed E-state index contributed by atoms with van der Waals surface area (Å²) in [6.07, 6.45) is 3.79. The predicted molar refractivity (Wildman–Crippen MR) is 95.1 cm³/mol. The maximum atomic E-state index is 13.9. The summed E-state index contributed by atoms with van der Waals surface area (Å²) in [5.41, 5.74) is 0.987. The van der Waals surface area contributed by atoms with Crippen LogP contribution in [0.4, 0.5) is 26.2 Å². The summed E-state index contributed by atoms with van der Waals surface area (Å²) in [5.74, 6) is -0.934. The first-order valence-electron chi connectivity index (χ1n) is 8.02. The van der Waals surface area contributed by atoms with Gasteiger partial charge in [-0.2, -0.15) is 4.98 Å². The van der Waals surface area contributed by atoms with Crippen LogP contribution < -0.4 is 10.6 Å². The van der Waals surface area contributed by atoms with Gasteiger partial charge in [-0.25, -0.2) is 13.8 Å². The quantitative estimate of drug-likeness (QED) is 0.563. The molecule has 6 nitrogen and oxygen atoms in total. The molecule has 0 aliphatic carbocycles. The van der Waals surface area contributed by atoms with Crippen molar-refractivity contribution in [2.24, 2.45) is 0 Å². The number of anilines is 3. The lowest BCUT2D eigenvalue weighted by Crippen LogP contribution is -2.09. The van der Waals surface area contributed by atoms with E-state index in [9.17, 15) is 8.78 Å². The second kappa shape index (κ2) is 8.30. The van der Waals surface area contributed by atoms with Crippen molar-refractivity contribution in [3.8, 4) is 11.3 Å². The van der Waals surface area contributed by atoms with Crippen LogP contribution in [0.25, 0.3) is 11.3 Å². The van der Waals surface area contributed by atoms with E-state index in [0.29, 0.717) is 18.7 Å². The van der Waals surface area contributed by atoms with Crippen LogP contribution in [0, 0.1) is 11.6 Å². The highest BCUT2D eigenvalue weighted by atomic mass is 19.1. The third-order valence-electron chi connectivity index (χ3n) is 3.52. The molecule has 0 aliphatic heterocycles. The zero-order chi connectivity index (χ0) is 18.4. The van der Waals surface area contributed by atoms with Gasteiger partial charge in [-0.1, -0.05) is 6.07 Å². The lowest BCUT2D eigenvalue weighted by Gasteiger charge is -2.12. The van der Waals surface area contributed by atoms with Gasteiger partial charge in [-0.15, -0.1) is 0 Å². The SMILES string of the molecule is OCCCNc1nc(Nc2c(F)cccc2F)cc(-c2cccnc2)n1. The van der Waals surface area contributed by atoms with E-state index in [1.807, 2.05) is 6.07 Å². The van der Waals surface area contributed by atoms with E-state index < -0.39 is 11.6 Å². The lowest BCUT2D eigenvalue weighted by atomic mass is 10.2. The number of aromatic nitrogens is 3. The van der Waals surface area contributed by atoms with Gasteiger partial charge in [0.15, 0.2) is 0 Å². The zero-order valence-corrected chi connectivity index (χ0v) is 13.8. The van der Waals surface area contributed by atoms with Gasteiger partial charge in [-0.3, -0.25) is 4.98 Å². The first-order chi connectivity index (χ1) is 12.7. The number of pyridine rings is 1. The van der Waals surface area contributed by atoms with E-state index in [2.05, 4.69) is 25.6 Å². The molecule has 2 aromatic heterocycles. The van der Waals surface area contributed by atoms with Gasteiger partial charge in [-0.05, 0) is 30.7 Å². The lowest BCUT2D eigenvalue weighted by molar-refractivity contribution is 0.292. The third-order valence-corrected chi connectivity index (χ3v) is 3.52. The van der Waals surface area contributed by atoms with E-state index >= 15 is 0 Å². The number of benzene rings is 1. The van der Waals surface area contributed by atoms with Crippen molar-refractivity contribution in [2.75, 3.05) is 23.8 Å². The molecule has 0 aliphatic rings. The first kappa shape index (κ1) is 17.7. The van der Waals surface area contributed by atoms with Crippen molar-refractivity contribution < 1.29 is 13.9 Å². The summed E-state index contributed by atoms with van der Waals surface area (Å²) in [6.45, 7) is 0.487. The van der Waals surface area contributed by atoms with Crippen LogP contribution in [0.1, 0.15) is 6.42 Å². The topological polar surface area (TPSA) is 83.0 Å². The maximum absolute atomic E-state index is 13.9. The Hall–Kier alpha value is -3.13. The van der Waals surface area contributed by atoms with Crippen LogP contribution in [0.3, 0.4) is 0 Å². The molecule has 2 heterocycles. The normalized spacial score (nSPS) is 10.6. The van der Waals surface area contributed by atoms with Crippen LogP contribution in [-0.4, -0.2) is 33.2 Å². The predicted octanol–water partition coefficient (Wildman–Crippen LogP) is 3.35. The van der Waals surface area contributed by atoms with Crippen LogP contribution >= 0.6 is 0 Å². The fourth-order valence-electron chi connectivity index (χ4n) is 2.28. The summed E-state index contributed by atoms with van der Waals surface area (Å²) in [6, 6.07) is 8.78. The third kappa shape index (κ3) is 4.28. The molecule has 0 spiro atoms. The molecule has 0 saturated carbocycles. The van der Waals surface area contributed by atoms with E-state index in [1.165, 1.54) is 6.07 Å². The molecule has 0 unspecified atom stereocenters. The Morgan fingerprint density at radius 3 is 2.54 bits per heavy atom. The van der Waals surface area contributed by atoms with Gasteiger partial charge >= 0.3 is 0 Å². The molecule has 3 N–H and O–H groups in total. The number of nitrogens with zero attached hydrogens (tertiary/aromatic N) is 3. The highest BCUT2D eigenvalue weighted by Crippen LogP contribution is 2.26. The minimum Gasteiger partial charge on any atom is -0.396 e. The molecule has 0 amide bonds. The Morgan fingerprint density at radius 2 is 1.85 bits per heavy atom. The van der Waals surface area contributed by atoms with Gasteiger partial charge in [0, 0.05) is 37.2 Å². The van der Waals surface area contributed by atoms with Crippen LogP contribution in [0.2, 0.25) is 0 Å². The monoisotopic (exact) mass is 357 g/mol. The van der Waals surface area contributed by atoms with Crippen molar-refractivity contribution in [3.63, 3.8) is 0 Å². The summed E-state index contributed by atoms with van der Waals surface area (Å²) >= 11 is 0. The van der Waals surface area contributed by atoms with Crippen LogP contribution in [0.15, 0.2) is 48.8 Å². The smallest absolute Gasteiger partial charge is 0.225 e. The number of rotatable bonds is 7. The number of halogens is 2. The second-order valence-corrected chi connectivity index (χ2v) is 5.43. The molecule has 3 rings (SSSR count). The average molecular weight is 357 g/mol. The van der Waals surface area contributed by atoms with Gasteiger partial charge < -0.3 is 15.7 Å². The Morgan fingerprint density at radius 1 is 1.04 bits per heavy atom. The minimum absolute atomic E-state index is 0.0286. The molecule has 1 aromatic carbocycles. The number of para-hydroxylation sites is 1. The van der Waals surface area contributed by atoms with Crippen molar-refractivity contribution in [1.82, 2.24) is 15.0 Å². The number of aliphatic hydroxyl groups excluding tert-OH is 1. The number of nitrogens with one attached hydrogen (secondary N) is 2. The molecule has 0 bridgehead atoms. The largest absolute Gasteiger partial charge is 0.396 e. The minimum atomic E-state index is -0.721. The molecule has 3 aromatic rings. The average Bonchev–Trinajstić information content (AvgIpc) is 2.66. The highest BCUT2D eigenvalue weighted by molar-refractivity contribution is 5.67. The van der Waals surface area contributed by atoms with Crippen molar-refractivity contribution >= 4 is 17.5 Å². The highest BCUT2D eigenvalue weighted by Gasteiger charge is 2.12. The summed E-state index contributed by atoms with van der Waals surface area (Å²) in [5, 5.41) is 14.6. The van der Waals surface area contributed by atoms with E-state index in [4.69, 9.17) is 5.11 Å². The maximum Gasteiger partial charge on any atom is 0.225 e. The van der Waals surface area contributed by atoms with E-state index in [0.717, 1.165) is 17.7 Å². The molecular weight excluding hydrogens is 340 g/mol. The number of hydrogen-bond donors (Lipinski definition) is 3. The Labute approximate surface area is 149 Å². The van der Waals surface area contributed by atoms with Gasteiger partial charge in [0.25, 0.3) is 0 Å². The molecule has 26 heavy (non-hydrogen) atoms. The summed E-state index contributed by atoms with van der Waals surface area (Å²) < 4.78 is 27.8. The summed E-state index contributed by atoms with van der Waals surface area (Å²) in [4.78, 5) is 12.7. The van der Waals surface area contributed by atoms with Gasteiger partial charge in [0.1, 0.15) is 23.1 Å². The molecular formula is C18H17F2N5O. The number of aliphatic hydroxyl groups is 1. The Balaban J connectivity index is 1.96. The fraction of sp³-hybridized carbons (Fsp3) is 0.167. The Bertz CT molecular complexity index is 856. The van der Waals surface area contributed by atoms with Crippen LogP contribution in [0.5, 0.6) is 0 Å². The second-order valence-electron chi connectivity index (χ2n) is 5.43. The van der Waals surface area contributed by atoms with Gasteiger partial charge in [0.2, 0.25) is 5.95 Å². The van der Waals surface area contributed by atoms with E-state index in [-0.39, 0.29) is 24.1 Å². The standard InChI is InChI=1S/C18H17F2N5O/c19-13-5-1-6-14(20)17(13)24-16-10-15(12-4-2-7-21-11-12)23-18(25-16)22-8-3-9-26/h1-2,4-7,10-11,26H,3,8-9H2,(H2,22,23,24,25). The number of hydrogen-bond acceptors (Lipinski definition) is 6. The first-order valence-corrected chi connectivity index (χ1v) is 8.02. The molecule has 0 atom stereocenters. The summed E-state index contributed by atoms with van der Waals surface area (Å²) in [7, 11) is 0. The molecule has 8 heteroatoms. The van der Waals surface area contributed by atoms with Crippen molar-refractivity contribution in [1.29, 1.82) is 0 Å². The molecule has 0 saturated heterocycles. The van der Waals surface area contributed by atoms with Crippen molar-refractivity contribution in [2.45, 2.75) is 6.42 Å². The zero-order valence-electron chi connectivity index (χ0n) is 13.8. The Kier molecular flexibility index (Phi) is 5.65.